The molecular formula is C19H28N2O2. The molecule has 1 aliphatic carbocycles. The van der Waals surface area contributed by atoms with Gasteiger partial charge in [0.15, 0.2) is 0 Å². The molecule has 0 bridgehead atoms. The standard InChI is InChI=1S/C19H28N2O2/c1-12(2)16-7-5-6-8-17(16)21-19(23)18(22)20-15-10-13(3)9-14(4)11-15/h9-12,16-17H,5-8H2,1-4H3,(H,20,22)(H,21,23). The molecule has 2 N–H and O–H groups in total. The highest BCUT2D eigenvalue weighted by molar-refractivity contribution is 6.39. The first-order valence-electron chi connectivity index (χ1n) is 8.57. The van der Waals surface area contributed by atoms with E-state index in [0.717, 1.165) is 30.4 Å². The van der Waals surface area contributed by atoms with Gasteiger partial charge in [0, 0.05) is 11.7 Å². The zero-order valence-corrected chi connectivity index (χ0v) is 14.6. The third-order valence-electron chi connectivity index (χ3n) is 4.68. The molecule has 0 heterocycles. The van der Waals surface area contributed by atoms with E-state index in [2.05, 4.69) is 24.5 Å². The van der Waals surface area contributed by atoms with Crippen LogP contribution >= 0.6 is 0 Å². The number of amides is 2. The number of hydrogen-bond acceptors (Lipinski definition) is 2. The highest BCUT2D eigenvalue weighted by Crippen LogP contribution is 2.30. The summed E-state index contributed by atoms with van der Waals surface area (Å²) in [6.07, 6.45) is 4.42. The molecule has 0 radical (unpaired) electrons. The van der Waals surface area contributed by atoms with Gasteiger partial charge in [-0.2, -0.15) is 0 Å². The van der Waals surface area contributed by atoms with Crippen LogP contribution in [0.2, 0.25) is 0 Å². The van der Waals surface area contributed by atoms with E-state index in [-0.39, 0.29) is 6.04 Å². The Kier molecular flexibility index (Phi) is 5.80. The Morgan fingerprint density at radius 2 is 1.61 bits per heavy atom. The van der Waals surface area contributed by atoms with Crippen LogP contribution in [-0.2, 0) is 9.59 Å². The van der Waals surface area contributed by atoms with Crippen molar-refractivity contribution in [3.8, 4) is 0 Å². The Hall–Kier alpha value is -1.84. The van der Waals surface area contributed by atoms with Gasteiger partial charge in [-0.3, -0.25) is 9.59 Å². The van der Waals surface area contributed by atoms with Crippen LogP contribution in [0, 0.1) is 25.7 Å². The van der Waals surface area contributed by atoms with Crippen LogP contribution in [0.4, 0.5) is 5.69 Å². The lowest BCUT2D eigenvalue weighted by molar-refractivity contribution is -0.137. The molecule has 0 spiro atoms. The van der Waals surface area contributed by atoms with Gasteiger partial charge in [0.05, 0.1) is 0 Å². The second-order valence-electron chi connectivity index (χ2n) is 7.10. The molecule has 4 heteroatoms. The number of nitrogens with one attached hydrogen (secondary N) is 2. The number of hydrogen-bond donors (Lipinski definition) is 2. The van der Waals surface area contributed by atoms with Gasteiger partial charge in [0.1, 0.15) is 0 Å². The van der Waals surface area contributed by atoms with Crippen LogP contribution in [0.1, 0.15) is 50.7 Å². The van der Waals surface area contributed by atoms with Gasteiger partial charge in [-0.05, 0) is 61.8 Å². The summed E-state index contributed by atoms with van der Waals surface area (Å²) in [5.41, 5.74) is 2.80. The molecule has 2 unspecified atom stereocenters. The largest absolute Gasteiger partial charge is 0.345 e. The van der Waals surface area contributed by atoms with Crippen LogP contribution in [0.5, 0.6) is 0 Å². The molecule has 23 heavy (non-hydrogen) atoms. The van der Waals surface area contributed by atoms with E-state index in [1.165, 1.54) is 6.42 Å². The van der Waals surface area contributed by atoms with Gasteiger partial charge in [0.2, 0.25) is 0 Å². The molecule has 1 aromatic rings. The van der Waals surface area contributed by atoms with Gasteiger partial charge in [-0.25, -0.2) is 0 Å². The van der Waals surface area contributed by atoms with E-state index < -0.39 is 11.8 Å². The maximum Gasteiger partial charge on any atom is 0.313 e. The van der Waals surface area contributed by atoms with Gasteiger partial charge >= 0.3 is 11.8 Å². The molecule has 1 saturated carbocycles. The second kappa shape index (κ2) is 7.62. The van der Waals surface area contributed by atoms with E-state index in [0.29, 0.717) is 17.5 Å². The van der Waals surface area contributed by atoms with Crippen molar-refractivity contribution in [2.75, 3.05) is 5.32 Å². The molecule has 0 aromatic heterocycles. The molecule has 1 fully saturated rings. The number of carbonyl (C=O) groups is 2. The lowest BCUT2D eigenvalue weighted by Crippen LogP contribution is -2.47. The number of anilines is 1. The van der Waals surface area contributed by atoms with Crippen molar-refractivity contribution in [3.63, 3.8) is 0 Å². The van der Waals surface area contributed by atoms with Crippen molar-refractivity contribution in [2.24, 2.45) is 11.8 Å². The molecule has 2 atom stereocenters. The number of rotatable bonds is 3. The van der Waals surface area contributed by atoms with Crippen molar-refractivity contribution in [2.45, 2.75) is 59.4 Å². The van der Waals surface area contributed by atoms with Gasteiger partial charge in [-0.1, -0.05) is 32.8 Å². The summed E-state index contributed by atoms with van der Waals surface area (Å²) in [4.78, 5) is 24.4. The minimum absolute atomic E-state index is 0.112. The van der Waals surface area contributed by atoms with E-state index >= 15 is 0 Å². The van der Waals surface area contributed by atoms with E-state index in [9.17, 15) is 9.59 Å². The van der Waals surface area contributed by atoms with Crippen LogP contribution in [-0.4, -0.2) is 17.9 Å². The first-order valence-corrected chi connectivity index (χ1v) is 8.57. The van der Waals surface area contributed by atoms with Crippen molar-refractivity contribution < 1.29 is 9.59 Å². The Labute approximate surface area is 139 Å². The second-order valence-corrected chi connectivity index (χ2v) is 7.10. The number of carbonyl (C=O) groups excluding carboxylic acids is 2. The predicted octanol–water partition coefficient (Wildman–Crippen LogP) is 3.57. The van der Waals surface area contributed by atoms with Crippen molar-refractivity contribution in [3.05, 3.63) is 29.3 Å². The van der Waals surface area contributed by atoms with Crippen molar-refractivity contribution in [1.82, 2.24) is 5.32 Å². The van der Waals surface area contributed by atoms with Crippen LogP contribution in [0.15, 0.2) is 18.2 Å². The lowest BCUT2D eigenvalue weighted by atomic mass is 9.78. The topological polar surface area (TPSA) is 58.2 Å². The summed E-state index contributed by atoms with van der Waals surface area (Å²) in [5.74, 6) is -0.130. The summed E-state index contributed by atoms with van der Waals surface area (Å²) in [5, 5.41) is 5.65. The highest BCUT2D eigenvalue weighted by atomic mass is 16.2. The molecule has 4 nitrogen and oxygen atoms in total. The SMILES string of the molecule is Cc1cc(C)cc(NC(=O)C(=O)NC2CCCCC2C(C)C)c1. The maximum atomic E-state index is 12.2. The number of aryl methyl sites for hydroxylation is 2. The quantitative estimate of drug-likeness (QED) is 0.838. The molecular weight excluding hydrogens is 288 g/mol. The van der Waals surface area contributed by atoms with E-state index in [1.54, 1.807) is 0 Å². The fourth-order valence-electron chi connectivity index (χ4n) is 3.61. The number of benzene rings is 1. The Balaban J connectivity index is 1.97. The smallest absolute Gasteiger partial charge is 0.313 e. The first kappa shape index (κ1) is 17.5. The van der Waals surface area contributed by atoms with Crippen LogP contribution < -0.4 is 10.6 Å². The summed E-state index contributed by atoms with van der Waals surface area (Å²) in [7, 11) is 0. The van der Waals surface area contributed by atoms with Crippen LogP contribution in [0.25, 0.3) is 0 Å². The molecule has 1 aromatic carbocycles. The van der Waals surface area contributed by atoms with Crippen molar-refractivity contribution in [1.29, 1.82) is 0 Å². The Morgan fingerprint density at radius 1 is 1.00 bits per heavy atom. The van der Waals surface area contributed by atoms with E-state index in [4.69, 9.17) is 0 Å². The summed E-state index contributed by atoms with van der Waals surface area (Å²) in [6.45, 7) is 8.31. The zero-order valence-electron chi connectivity index (χ0n) is 14.6. The van der Waals surface area contributed by atoms with Crippen molar-refractivity contribution >= 4 is 17.5 Å². The molecule has 126 valence electrons. The monoisotopic (exact) mass is 316 g/mol. The van der Waals surface area contributed by atoms with Crippen LogP contribution in [0.3, 0.4) is 0 Å². The van der Waals surface area contributed by atoms with Gasteiger partial charge in [-0.15, -0.1) is 0 Å². The average Bonchev–Trinajstić information content (AvgIpc) is 2.46. The van der Waals surface area contributed by atoms with E-state index in [1.807, 2.05) is 32.0 Å². The lowest BCUT2D eigenvalue weighted by Gasteiger charge is -2.34. The third kappa shape index (κ3) is 4.81. The van der Waals surface area contributed by atoms with Gasteiger partial charge < -0.3 is 10.6 Å². The Morgan fingerprint density at radius 3 is 2.22 bits per heavy atom. The molecule has 2 rings (SSSR count). The summed E-state index contributed by atoms with van der Waals surface area (Å²) >= 11 is 0. The molecule has 0 aliphatic heterocycles. The fraction of sp³-hybridized carbons (Fsp3) is 0.579. The molecule has 2 amide bonds. The zero-order chi connectivity index (χ0) is 17.0. The Bertz CT molecular complexity index is 560. The fourth-order valence-corrected chi connectivity index (χ4v) is 3.61. The molecule has 1 aliphatic rings. The maximum absolute atomic E-state index is 12.2. The third-order valence-corrected chi connectivity index (χ3v) is 4.68. The normalized spacial score (nSPS) is 21.1. The average molecular weight is 316 g/mol. The summed E-state index contributed by atoms with van der Waals surface area (Å²) < 4.78 is 0. The highest BCUT2D eigenvalue weighted by Gasteiger charge is 2.30. The first-order chi connectivity index (χ1) is 10.9. The predicted molar refractivity (Wildman–Crippen MR) is 93.3 cm³/mol. The minimum Gasteiger partial charge on any atom is -0.345 e. The van der Waals surface area contributed by atoms with Gasteiger partial charge in [0.25, 0.3) is 0 Å². The summed E-state index contributed by atoms with van der Waals surface area (Å²) in [6, 6.07) is 5.89. The minimum atomic E-state index is -0.580. The molecule has 0 saturated heterocycles.